The number of aldehydes is 1. The number of hydrogen-bond donors (Lipinski definition) is 2. The minimum atomic E-state index is -0.292. The maximum absolute atomic E-state index is 12.0. The minimum absolute atomic E-state index is 0.292. The standard InChI is InChI=1S/C23H29N5O3/c1-15(2)25-18-6-5-7-24-23(18)27-8-9-28(17(13-27)14-29)22-11-16-10-20(30-3)21(31-4)12-19(16)26-22/h5-7,10-12,14-15,17,25-26H,8-9,13H2,1-4H3. The van der Waals surface area contributed by atoms with Crippen LogP contribution in [0, 0.1) is 0 Å². The average Bonchev–Trinajstić information content (AvgIpc) is 3.20. The highest BCUT2D eigenvalue weighted by Crippen LogP contribution is 2.35. The van der Waals surface area contributed by atoms with E-state index in [1.807, 2.05) is 24.3 Å². The molecule has 0 bridgehead atoms. The van der Waals surface area contributed by atoms with Crippen LogP contribution >= 0.6 is 0 Å². The molecule has 3 heterocycles. The van der Waals surface area contributed by atoms with Crippen molar-refractivity contribution in [3.8, 4) is 11.5 Å². The van der Waals surface area contributed by atoms with E-state index in [0.29, 0.717) is 30.6 Å². The van der Waals surface area contributed by atoms with E-state index < -0.39 is 0 Å². The lowest BCUT2D eigenvalue weighted by Crippen LogP contribution is -2.54. The van der Waals surface area contributed by atoms with Gasteiger partial charge in [0.1, 0.15) is 18.1 Å². The molecule has 2 aromatic heterocycles. The highest BCUT2D eigenvalue weighted by Gasteiger charge is 2.30. The Morgan fingerprint density at radius 3 is 2.68 bits per heavy atom. The maximum atomic E-state index is 12.0. The second-order valence-corrected chi connectivity index (χ2v) is 7.97. The second-order valence-electron chi connectivity index (χ2n) is 7.97. The Morgan fingerprint density at radius 1 is 1.19 bits per heavy atom. The molecule has 0 spiro atoms. The molecule has 4 rings (SSSR count). The molecule has 1 fully saturated rings. The van der Waals surface area contributed by atoms with Gasteiger partial charge in [0, 0.05) is 43.3 Å². The quantitative estimate of drug-likeness (QED) is 0.564. The van der Waals surface area contributed by atoms with Gasteiger partial charge in [-0.15, -0.1) is 0 Å². The summed E-state index contributed by atoms with van der Waals surface area (Å²) in [6.07, 6.45) is 2.80. The number of H-pyrrole nitrogens is 1. The number of carbonyl (C=O) groups excluding carboxylic acids is 1. The molecule has 1 aliphatic heterocycles. The fourth-order valence-electron chi connectivity index (χ4n) is 4.09. The molecule has 1 atom stereocenters. The van der Waals surface area contributed by atoms with E-state index in [-0.39, 0.29) is 6.04 Å². The van der Waals surface area contributed by atoms with Crippen molar-refractivity contribution in [2.24, 2.45) is 0 Å². The van der Waals surface area contributed by atoms with Crippen molar-refractivity contribution in [2.45, 2.75) is 25.9 Å². The molecule has 1 unspecified atom stereocenters. The molecule has 0 saturated carbocycles. The molecule has 3 aromatic rings. The van der Waals surface area contributed by atoms with E-state index in [2.05, 4.69) is 45.0 Å². The number of carbonyl (C=O) groups is 1. The molecule has 164 valence electrons. The molecule has 31 heavy (non-hydrogen) atoms. The fourth-order valence-corrected chi connectivity index (χ4v) is 4.09. The van der Waals surface area contributed by atoms with Crippen LogP contribution in [0.3, 0.4) is 0 Å². The van der Waals surface area contributed by atoms with Crippen molar-refractivity contribution in [2.75, 3.05) is 49.0 Å². The van der Waals surface area contributed by atoms with Crippen LogP contribution in [0.5, 0.6) is 11.5 Å². The molecule has 1 aromatic carbocycles. The first-order valence-electron chi connectivity index (χ1n) is 10.5. The van der Waals surface area contributed by atoms with Gasteiger partial charge in [-0.3, -0.25) is 0 Å². The Morgan fingerprint density at radius 2 is 1.97 bits per heavy atom. The van der Waals surface area contributed by atoms with Crippen molar-refractivity contribution in [1.82, 2.24) is 9.97 Å². The summed E-state index contributed by atoms with van der Waals surface area (Å²) < 4.78 is 10.8. The Balaban J connectivity index is 1.60. The van der Waals surface area contributed by atoms with Gasteiger partial charge in [0.05, 0.1) is 25.4 Å². The number of methoxy groups -OCH3 is 2. The predicted molar refractivity (Wildman–Crippen MR) is 124 cm³/mol. The molecular formula is C23H29N5O3. The van der Waals surface area contributed by atoms with Gasteiger partial charge in [0.25, 0.3) is 0 Å². The molecule has 1 saturated heterocycles. The summed E-state index contributed by atoms with van der Waals surface area (Å²) in [6.45, 7) is 6.22. The van der Waals surface area contributed by atoms with Gasteiger partial charge < -0.3 is 34.4 Å². The molecule has 8 nitrogen and oxygen atoms in total. The highest BCUT2D eigenvalue weighted by atomic mass is 16.5. The van der Waals surface area contributed by atoms with Crippen LogP contribution in [0.15, 0.2) is 36.5 Å². The smallest absolute Gasteiger partial charge is 0.162 e. The van der Waals surface area contributed by atoms with E-state index in [0.717, 1.165) is 41.1 Å². The number of nitrogens with one attached hydrogen (secondary N) is 2. The van der Waals surface area contributed by atoms with Gasteiger partial charge in [-0.25, -0.2) is 4.98 Å². The molecule has 2 N–H and O–H groups in total. The number of rotatable bonds is 7. The van der Waals surface area contributed by atoms with Crippen LogP contribution in [0.25, 0.3) is 10.9 Å². The number of pyridine rings is 1. The molecule has 1 aliphatic rings. The molecule has 0 amide bonds. The van der Waals surface area contributed by atoms with Crippen LogP contribution < -0.4 is 24.6 Å². The summed E-state index contributed by atoms with van der Waals surface area (Å²) in [6, 6.07) is 9.87. The van der Waals surface area contributed by atoms with E-state index in [1.165, 1.54) is 0 Å². The summed E-state index contributed by atoms with van der Waals surface area (Å²) >= 11 is 0. The molecule has 0 aliphatic carbocycles. The molecule has 8 heteroatoms. The third-order valence-electron chi connectivity index (χ3n) is 5.53. The Labute approximate surface area is 182 Å². The fraction of sp³-hybridized carbons (Fsp3) is 0.391. The summed E-state index contributed by atoms with van der Waals surface area (Å²) in [5.74, 6) is 3.13. The first-order chi connectivity index (χ1) is 15.0. The van der Waals surface area contributed by atoms with Crippen LogP contribution in [0.4, 0.5) is 17.3 Å². The largest absolute Gasteiger partial charge is 0.493 e. The van der Waals surface area contributed by atoms with Gasteiger partial charge in [-0.05, 0) is 38.1 Å². The Bertz CT molecular complexity index is 1020. The Hall–Kier alpha value is -3.42. The zero-order valence-corrected chi connectivity index (χ0v) is 18.4. The number of aromatic amines is 1. The average molecular weight is 424 g/mol. The number of aromatic nitrogens is 2. The van der Waals surface area contributed by atoms with Gasteiger partial charge >= 0.3 is 0 Å². The van der Waals surface area contributed by atoms with Crippen molar-refractivity contribution in [3.05, 3.63) is 36.5 Å². The number of hydrogen-bond acceptors (Lipinski definition) is 7. The normalized spacial score (nSPS) is 16.6. The second kappa shape index (κ2) is 8.75. The van der Waals surface area contributed by atoms with Gasteiger partial charge in [0.15, 0.2) is 17.3 Å². The lowest BCUT2D eigenvalue weighted by Gasteiger charge is -2.40. The number of nitrogens with zero attached hydrogens (tertiary/aromatic N) is 3. The van der Waals surface area contributed by atoms with Crippen molar-refractivity contribution in [3.63, 3.8) is 0 Å². The zero-order chi connectivity index (χ0) is 22.0. The first kappa shape index (κ1) is 20.8. The summed E-state index contributed by atoms with van der Waals surface area (Å²) in [7, 11) is 3.24. The third-order valence-corrected chi connectivity index (χ3v) is 5.53. The number of fused-ring (bicyclic) bond motifs is 1. The first-order valence-corrected chi connectivity index (χ1v) is 10.5. The highest BCUT2D eigenvalue weighted by molar-refractivity contribution is 5.88. The summed E-state index contributed by atoms with van der Waals surface area (Å²) in [5, 5.41) is 4.46. The van der Waals surface area contributed by atoms with Gasteiger partial charge in [-0.2, -0.15) is 0 Å². The summed E-state index contributed by atoms with van der Waals surface area (Å²) in [4.78, 5) is 24.3. The number of anilines is 3. The van der Waals surface area contributed by atoms with Crippen LogP contribution in [0.1, 0.15) is 13.8 Å². The monoisotopic (exact) mass is 423 g/mol. The van der Waals surface area contributed by atoms with E-state index in [1.54, 1.807) is 20.4 Å². The number of ether oxygens (including phenoxy) is 2. The summed E-state index contributed by atoms with van der Waals surface area (Å²) in [5.41, 5.74) is 1.92. The third kappa shape index (κ3) is 4.10. The van der Waals surface area contributed by atoms with Crippen LogP contribution in [-0.2, 0) is 4.79 Å². The van der Waals surface area contributed by atoms with E-state index in [4.69, 9.17) is 9.47 Å². The lowest BCUT2D eigenvalue weighted by molar-refractivity contribution is -0.109. The SMILES string of the molecule is COc1cc2cc(N3CCN(c4ncccc4NC(C)C)CC3C=O)[nH]c2cc1OC. The van der Waals surface area contributed by atoms with Gasteiger partial charge in [-0.1, -0.05) is 0 Å². The number of benzene rings is 1. The molecular weight excluding hydrogens is 394 g/mol. The van der Waals surface area contributed by atoms with Crippen molar-refractivity contribution >= 4 is 34.5 Å². The van der Waals surface area contributed by atoms with E-state index in [9.17, 15) is 4.79 Å². The maximum Gasteiger partial charge on any atom is 0.162 e. The van der Waals surface area contributed by atoms with Crippen LogP contribution in [-0.4, -0.2) is 62.2 Å². The topological polar surface area (TPSA) is 82.7 Å². The molecule has 0 radical (unpaired) electrons. The zero-order valence-electron chi connectivity index (χ0n) is 18.4. The van der Waals surface area contributed by atoms with E-state index >= 15 is 0 Å². The lowest BCUT2D eigenvalue weighted by atomic mass is 10.1. The van der Waals surface area contributed by atoms with Crippen molar-refractivity contribution in [1.29, 1.82) is 0 Å². The number of piperazine rings is 1. The Kier molecular flexibility index (Phi) is 5.88. The van der Waals surface area contributed by atoms with Crippen LogP contribution in [0.2, 0.25) is 0 Å². The predicted octanol–water partition coefficient (Wildman–Crippen LogP) is 3.29. The minimum Gasteiger partial charge on any atom is -0.493 e. The van der Waals surface area contributed by atoms with Crippen molar-refractivity contribution < 1.29 is 14.3 Å². The van der Waals surface area contributed by atoms with Gasteiger partial charge in [0.2, 0.25) is 0 Å².